The first-order valence-corrected chi connectivity index (χ1v) is 20.9. The Morgan fingerprint density at radius 3 is 1.82 bits per heavy atom. The van der Waals surface area contributed by atoms with Crippen LogP contribution in [-0.2, 0) is 25.6 Å². The molecule has 0 N–H and O–H groups in total. The fourth-order valence-electron chi connectivity index (χ4n) is 7.56. The van der Waals surface area contributed by atoms with E-state index in [1.165, 1.54) is 54.5 Å². The molecule has 0 radical (unpaired) electrons. The Hall–Kier alpha value is -2.16. The van der Waals surface area contributed by atoms with Crippen molar-refractivity contribution in [2.45, 2.75) is 109 Å². The fourth-order valence-corrected chi connectivity index (χ4v) is 24.4. The van der Waals surface area contributed by atoms with Crippen LogP contribution in [0, 0.1) is 12.8 Å². The maximum Gasteiger partial charge on any atom is 0.373 e. The normalized spacial score (nSPS) is 19.7. The second-order valence-corrected chi connectivity index (χ2v) is 23.2. The molecule has 0 aliphatic carbocycles. The molecule has 0 saturated carbocycles. The molecule has 4 nitrogen and oxygen atoms in total. The van der Waals surface area contributed by atoms with Crippen LogP contribution < -0.4 is 0 Å². The van der Waals surface area contributed by atoms with Gasteiger partial charge in [0.25, 0.3) is 0 Å². The molecule has 1 heterocycles. The van der Waals surface area contributed by atoms with E-state index in [1.54, 1.807) is 0 Å². The maximum atomic E-state index is 13.0. The van der Waals surface area contributed by atoms with Gasteiger partial charge in [-0.1, -0.05) is 138 Å². The molecule has 0 amide bonds. The molecule has 3 rings (SSSR count). The molecule has 1 aliphatic heterocycles. The van der Waals surface area contributed by atoms with Crippen LogP contribution in [0.25, 0.3) is 0 Å². The standard InChI is InChI=1S/C34H52O4Si2/c1-9-39(10-2,11-3)34(40(12-4,13-5)14-6)31-29(28-22-20-26(7)21-23-28)24-30(32(35)36-8)38-33(31)37-25-27-18-16-15-17-19-27/h15-24,29,31,33-34H,9-14,25H2,1-8H3/t29-,31-,33+/m1/s1. The van der Waals surface area contributed by atoms with Crippen molar-refractivity contribution in [3.05, 3.63) is 83.1 Å². The summed E-state index contributed by atoms with van der Waals surface area (Å²) in [4.78, 5) is 13.0. The van der Waals surface area contributed by atoms with E-state index in [0.29, 0.717) is 11.8 Å². The molecule has 2 aromatic rings. The summed E-state index contributed by atoms with van der Waals surface area (Å²) in [5.41, 5.74) is 3.57. The Kier molecular flexibility index (Phi) is 11.9. The molecule has 2 aromatic carbocycles. The SMILES string of the molecule is CC[Si](CC)(CC)C([C@H]1[C@@H](OCc2ccccc2)OC(C(=O)OC)=C[C@@H]1c1ccc(C)cc1)[Si](CC)(CC)CC. The number of rotatable bonds is 14. The lowest BCUT2D eigenvalue weighted by molar-refractivity contribution is -0.178. The van der Waals surface area contributed by atoms with Crippen LogP contribution >= 0.6 is 0 Å². The summed E-state index contributed by atoms with van der Waals surface area (Å²) >= 11 is 0. The number of allylic oxidation sites excluding steroid dienone is 1. The van der Waals surface area contributed by atoms with Crippen LogP contribution in [-0.4, -0.2) is 35.5 Å². The zero-order valence-electron chi connectivity index (χ0n) is 26.2. The van der Waals surface area contributed by atoms with Gasteiger partial charge in [-0.2, -0.15) is 0 Å². The third-order valence-corrected chi connectivity index (χ3v) is 25.9. The molecule has 3 atom stereocenters. The summed E-state index contributed by atoms with van der Waals surface area (Å²) in [6.45, 7) is 17.2. The van der Waals surface area contributed by atoms with Crippen molar-refractivity contribution >= 4 is 22.1 Å². The van der Waals surface area contributed by atoms with Crippen LogP contribution in [0.2, 0.25) is 41.4 Å². The number of hydrogen-bond acceptors (Lipinski definition) is 4. The predicted octanol–water partition coefficient (Wildman–Crippen LogP) is 9.25. The topological polar surface area (TPSA) is 44.8 Å². The molecule has 0 aromatic heterocycles. The number of hydrogen-bond donors (Lipinski definition) is 0. The number of esters is 1. The van der Waals surface area contributed by atoms with Crippen LogP contribution in [0.15, 0.2) is 66.4 Å². The number of carbonyl (C=O) groups excluding carboxylic acids is 1. The Bertz CT molecular complexity index is 1050. The highest BCUT2D eigenvalue weighted by Gasteiger charge is 2.57. The summed E-state index contributed by atoms with van der Waals surface area (Å²) in [5, 5.41) is 0.586. The van der Waals surface area contributed by atoms with Crippen LogP contribution in [0.4, 0.5) is 0 Å². The summed E-state index contributed by atoms with van der Waals surface area (Å²) < 4.78 is 18.6. The van der Waals surface area contributed by atoms with Gasteiger partial charge in [0, 0.05) is 11.8 Å². The highest BCUT2D eigenvalue weighted by molar-refractivity contribution is 6.99. The van der Waals surface area contributed by atoms with Gasteiger partial charge in [-0.25, -0.2) is 4.79 Å². The zero-order valence-corrected chi connectivity index (χ0v) is 28.2. The van der Waals surface area contributed by atoms with E-state index in [-0.39, 0.29) is 17.6 Å². The molecule has 6 heteroatoms. The van der Waals surface area contributed by atoms with Crippen LogP contribution in [0.5, 0.6) is 0 Å². The van der Waals surface area contributed by atoms with E-state index in [1.807, 2.05) is 18.2 Å². The lowest BCUT2D eigenvalue weighted by Crippen LogP contribution is -2.59. The van der Waals surface area contributed by atoms with Crippen molar-refractivity contribution in [2.24, 2.45) is 5.92 Å². The van der Waals surface area contributed by atoms with Crippen LogP contribution in [0.3, 0.4) is 0 Å². The average Bonchev–Trinajstić information content (AvgIpc) is 3.01. The minimum Gasteiger partial charge on any atom is -0.463 e. The molecule has 0 fully saturated rings. The van der Waals surface area contributed by atoms with Gasteiger partial charge in [0.05, 0.1) is 29.9 Å². The second kappa shape index (κ2) is 14.6. The van der Waals surface area contributed by atoms with Gasteiger partial charge in [-0.05, 0) is 29.3 Å². The number of ether oxygens (including phenoxy) is 3. The Morgan fingerprint density at radius 2 is 1.35 bits per heavy atom. The third kappa shape index (κ3) is 6.66. The van der Waals surface area contributed by atoms with Crippen molar-refractivity contribution in [1.29, 1.82) is 0 Å². The van der Waals surface area contributed by atoms with Gasteiger partial charge in [-0.3, -0.25) is 0 Å². The average molecular weight is 581 g/mol. The number of benzene rings is 2. The minimum absolute atomic E-state index is 0.0160. The largest absolute Gasteiger partial charge is 0.463 e. The third-order valence-electron chi connectivity index (χ3n) is 10.3. The number of carbonyl (C=O) groups is 1. The first-order chi connectivity index (χ1) is 19.3. The van der Waals surface area contributed by atoms with Gasteiger partial charge in [0.1, 0.15) is 0 Å². The molecule has 1 aliphatic rings. The first kappa shape index (κ1) is 32.4. The van der Waals surface area contributed by atoms with Gasteiger partial charge in [0.15, 0.2) is 0 Å². The summed E-state index contributed by atoms with van der Waals surface area (Å²) in [6.07, 6.45) is 1.54. The molecular weight excluding hydrogens is 529 g/mol. The smallest absolute Gasteiger partial charge is 0.373 e. The molecule has 0 spiro atoms. The lowest BCUT2D eigenvalue weighted by Gasteiger charge is -2.55. The number of aryl methyl sites for hydroxylation is 1. The maximum absolute atomic E-state index is 13.0. The Morgan fingerprint density at radius 1 is 0.825 bits per heavy atom. The first-order valence-electron chi connectivity index (χ1n) is 15.5. The van der Waals surface area contributed by atoms with E-state index in [0.717, 1.165) is 5.56 Å². The van der Waals surface area contributed by atoms with Crippen molar-refractivity contribution in [1.82, 2.24) is 0 Å². The predicted molar refractivity (Wildman–Crippen MR) is 172 cm³/mol. The quantitative estimate of drug-likeness (QED) is 0.165. The fraction of sp³-hybridized carbons (Fsp3) is 0.559. The van der Waals surface area contributed by atoms with E-state index in [4.69, 9.17) is 14.2 Å². The Balaban J connectivity index is 2.31. The summed E-state index contributed by atoms with van der Waals surface area (Å²) in [7, 11) is -2.11. The highest BCUT2D eigenvalue weighted by Crippen LogP contribution is 2.56. The van der Waals surface area contributed by atoms with E-state index >= 15 is 0 Å². The van der Waals surface area contributed by atoms with Crippen molar-refractivity contribution in [3.8, 4) is 0 Å². The van der Waals surface area contributed by atoms with E-state index in [2.05, 4.69) is 90.9 Å². The lowest BCUT2D eigenvalue weighted by atomic mass is 9.83. The van der Waals surface area contributed by atoms with Gasteiger partial charge in [-0.15, -0.1) is 0 Å². The Labute approximate surface area is 245 Å². The molecule has 0 bridgehead atoms. The minimum atomic E-state index is -1.77. The van der Waals surface area contributed by atoms with Crippen molar-refractivity contribution in [3.63, 3.8) is 0 Å². The molecule has 220 valence electrons. The van der Waals surface area contributed by atoms with E-state index < -0.39 is 28.4 Å². The zero-order chi connectivity index (χ0) is 29.3. The molecule has 40 heavy (non-hydrogen) atoms. The van der Waals surface area contributed by atoms with Gasteiger partial charge in [0.2, 0.25) is 12.0 Å². The number of methoxy groups -OCH3 is 1. The summed E-state index contributed by atoms with van der Waals surface area (Å²) in [6, 6.07) is 26.7. The molecule has 0 unspecified atom stereocenters. The second-order valence-electron chi connectivity index (χ2n) is 11.6. The highest BCUT2D eigenvalue weighted by atomic mass is 28.4. The van der Waals surface area contributed by atoms with E-state index in [9.17, 15) is 4.79 Å². The van der Waals surface area contributed by atoms with Crippen LogP contribution in [0.1, 0.15) is 64.2 Å². The molecular formula is C34H52O4Si2. The van der Waals surface area contributed by atoms with Crippen molar-refractivity contribution in [2.75, 3.05) is 7.11 Å². The van der Waals surface area contributed by atoms with Crippen molar-refractivity contribution < 1.29 is 19.0 Å². The monoisotopic (exact) mass is 580 g/mol. The summed E-state index contributed by atoms with van der Waals surface area (Å²) in [5.74, 6) is -0.00909. The molecule has 0 saturated heterocycles. The van der Waals surface area contributed by atoms with Gasteiger partial charge >= 0.3 is 5.97 Å². The van der Waals surface area contributed by atoms with Gasteiger partial charge < -0.3 is 14.2 Å².